The highest BCUT2D eigenvalue weighted by molar-refractivity contribution is 5.74. The van der Waals surface area contributed by atoms with Crippen LogP contribution in [-0.2, 0) is 4.79 Å². The molecular weight excluding hydrogens is 152 g/mol. The van der Waals surface area contributed by atoms with Gasteiger partial charge in [0.25, 0.3) is 0 Å². The van der Waals surface area contributed by atoms with Crippen LogP contribution in [0.5, 0.6) is 0 Å². The van der Waals surface area contributed by atoms with Gasteiger partial charge >= 0.3 is 5.97 Å². The Morgan fingerprint density at radius 2 is 1.83 bits per heavy atom. The number of aliphatic carboxylic acids is 1. The Hall–Kier alpha value is -0.790. The van der Waals surface area contributed by atoms with E-state index in [1.165, 1.54) is 0 Å². The van der Waals surface area contributed by atoms with Gasteiger partial charge in [-0.2, -0.15) is 0 Å². The Bertz CT molecular complexity index is 190. The molecule has 0 heterocycles. The number of rotatable bonds is 4. The summed E-state index contributed by atoms with van der Waals surface area (Å²) in [5.74, 6) is -0.755. The molecule has 0 atom stereocenters. The van der Waals surface area contributed by atoms with Crippen LogP contribution in [-0.4, -0.2) is 11.1 Å². The highest BCUT2D eigenvalue weighted by Gasteiger charge is 2.42. The van der Waals surface area contributed by atoms with Crippen molar-refractivity contribution in [2.45, 2.75) is 34.1 Å². The summed E-state index contributed by atoms with van der Waals surface area (Å²) >= 11 is 0. The molecule has 0 aromatic carbocycles. The molecule has 0 saturated heterocycles. The van der Waals surface area contributed by atoms with Gasteiger partial charge in [-0.15, -0.1) is 6.58 Å². The van der Waals surface area contributed by atoms with E-state index in [-0.39, 0.29) is 5.41 Å². The maximum absolute atomic E-state index is 10.9. The minimum absolute atomic E-state index is 0.249. The van der Waals surface area contributed by atoms with Gasteiger partial charge in [-0.25, -0.2) is 0 Å². The molecule has 0 bridgehead atoms. The molecule has 0 spiro atoms. The standard InChI is InChI=1S/C10H18O2/c1-6-7-9(2,3)10(4,5)8(11)12/h6H,1,7H2,2-5H3,(H,11,12). The van der Waals surface area contributed by atoms with Crippen LogP contribution in [0.25, 0.3) is 0 Å². The summed E-state index contributed by atoms with van der Waals surface area (Å²) in [6, 6.07) is 0. The second-order valence-corrected chi connectivity index (χ2v) is 4.31. The van der Waals surface area contributed by atoms with Crippen LogP contribution in [0.2, 0.25) is 0 Å². The maximum atomic E-state index is 10.9. The maximum Gasteiger partial charge on any atom is 0.309 e. The number of hydrogen-bond donors (Lipinski definition) is 1. The van der Waals surface area contributed by atoms with Crippen molar-refractivity contribution in [2.75, 3.05) is 0 Å². The molecule has 0 saturated carbocycles. The predicted octanol–water partition coefficient (Wildman–Crippen LogP) is 2.70. The third kappa shape index (κ3) is 1.87. The zero-order valence-corrected chi connectivity index (χ0v) is 8.35. The molecule has 0 aliphatic rings. The Labute approximate surface area is 74.3 Å². The van der Waals surface area contributed by atoms with Crippen molar-refractivity contribution in [3.63, 3.8) is 0 Å². The summed E-state index contributed by atoms with van der Waals surface area (Å²) in [4.78, 5) is 10.9. The van der Waals surface area contributed by atoms with Gasteiger partial charge < -0.3 is 5.11 Å². The van der Waals surface area contributed by atoms with E-state index < -0.39 is 11.4 Å². The number of carbonyl (C=O) groups is 1. The number of hydrogen-bond acceptors (Lipinski definition) is 1. The van der Waals surface area contributed by atoms with E-state index in [1.807, 2.05) is 13.8 Å². The molecule has 0 radical (unpaired) electrons. The average Bonchev–Trinajstić information content (AvgIpc) is 1.86. The molecule has 0 fully saturated rings. The normalized spacial score (nSPS) is 12.7. The molecule has 0 aliphatic carbocycles. The first-order valence-corrected chi connectivity index (χ1v) is 4.10. The summed E-state index contributed by atoms with van der Waals surface area (Å²) < 4.78 is 0. The van der Waals surface area contributed by atoms with Crippen molar-refractivity contribution in [1.29, 1.82) is 0 Å². The summed E-state index contributed by atoms with van der Waals surface area (Å²) in [6.07, 6.45) is 2.48. The first-order chi connectivity index (χ1) is 5.25. The quantitative estimate of drug-likeness (QED) is 0.659. The topological polar surface area (TPSA) is 37.3 Å². The third-order valence-corrected chi connectivity index (χ3v) is 2.88. The SMILES string of the molecule is C=CCC(C)(C)C(C)(C)C(=O)O. The molecule has 1 N–H and O–H groups in total. The third-order valence-electron chi connectivity index (χ3n) is 2.88. The van der Waals surface area contributed by atoms with E-state index in [0.29, 0.717) is 6.42 Å². The second kappa shape index (κ2) is 3.30. The van der Waals surface area contributed by atoms with Crippen LogP contribution in [0.1, 0.15) is 34.1 Å². The van der Waals surface area contributed by atoms with Crippen molar-refractivity contribution >= 4 is 5.97 Å². The molecule has 70 valence electrons. The molecule has 2 nitrogen and oxygen atoms in total. The first-order valence-electron chi connectivity index (χ1n) is 4.10. The lowest BCUT2D eigenvalue weighted by Gasteiger charge is -2.37. The van der Waals surface area contributed by atoms with E-state index in [2.05, 4.69) is 6.58 Å². The van der Waals surface area contributed by atoms with Crippen molar-refractivity contribution in [1.82, 2.24) is 0 Å². The lowest BCUT2D eigenvalue weighted by atomic mass is 9.66. The number of allylic oxidation sites excluding steroid dienone is 1. The second-order valence-electron chi connectivity index (χ2n) is 4.31. The van der Waals surface area contributed by atoms with Crippen LogP contribution in [0.3, 0.4) is 0 Å². The Kier molecular flexibility index (Phi) is 3.08. The molecule has 0 amide bonds. The summed E-state index contributed by atoms with van der Waals surface area (Å²) in [5, 5.41) is 8.97. The number of carboxylic acid groups (broad SMARTS) is 1. The fourth-order valence-electron chi connectivity index (χ4n) is 0.905. The van der Waals surface area contributed by atoms with Crippen molar-refractivity contribution < 1.29 is 9.90 Å². The zero-order chi connectivity index (χ0) is 9.99. The summed E-state index contributed by atoms with van der Waals surface area (Å²) in [6.45, 7) is 11.0. The van der Waals surface area contributed by atoms with Crippen LogP contribution in [0, 0.1) is 10.8 Å². The van der Waals surface area contributed by atoms with Crippen molar-refractivity contribution in [2.24, 2.45) is 10.8 Å². The highest BCUT2D eigenvalue weighted by Crippen LogP contribution is 2.41. The Balaban J connectivity index is 4.73. The smallest absolute Gasteiger partial charge is 0.309 e. The number of carboxylic acids is 1. The fraction of sp³-hybridized carbons (Fsp3) is 0.700. The lowest BCUT2D eigenvalue weighted by molar-refractivity contribution is -0.153. The fourth-order valence-corrected chi connectivity index (χ4v) is 0.905. The van der Waals surface area contributed by atoms with Gasteiger partial charge in [0.05, 0.1) is 5.41 Å². The molecule has 0 aromatic rings. The predicted molar refractivity (Wildman–Crippen MR) is 50.0 cm³/mol. The minimum Gasteiger partial charge on any atom is -0.481 e. The molecular formula is C10H18O2. The Morgan fingerprint density at radius 1 is 1.42 bits per heavy atom. The van der Waals surface area contributed by atoms with Crippen molar-refractivity contribution in [3.05, 3.63) is 12.7 Å². The van der Waals surface area contributed by atoms with E-state index in [4.69, 9.17) is 5.11 Å². The van der Waals surface area contributed by atoms with Gasteiger partial charge in [-0.1, -0.05) is 19.9 Å². The van der Waals surface area contributed by atoms with E-state index in [0.717, 1.165) is 0 Å². The molecule has 12 heavy (non-hydrogen) atoms. The van der Waals surface area contributed by atoms with Gasteiger partial charge in [-0.3, -0.25) is 4.79 Å². The van der Waals surface area contributed by atoms with E-state index in [9.17, 15) is 4.79 Å². The van der Waals surface area contributed by atoms with Crippen LogP contribution >= 0.6 is 0 Å². The zero-order valence-electron chi connectivity index (χ0n) is 8.35. The molecule has 0 rings (SSSR count). The Morgan fingerprint density at radius 3 is 2.08 bits per heavy atom. The minimum atomic E-state index is -0.755. The summed E-state index contributed by atoms with van der Waals surface area (Å²) in [5.41, 5.74) is -0.957. The first kappa shape index (κ1) is 11.2. The van der Waals surface area contributed by atoms with Gasteiger partial charge in [0.2, 0.25) is 0 Å². The molecule has 2 heteroatoms. The van der Waals surface area contributed by atoms with E-state index >= 15 is 0 Å². The van der Waals surface area contributed by atoms with Gasteiger partial charge in [0.1, 0.15) is 0 Å². The monoisotopic (exact) mass is 170 g/mol. The highest BCUT2D eigenvalue weighted by atomic mass is 16.4. The van der Waals surface area contributed by atoms with E-state index in [1.54, 1.807) is 19.9 Å². The van der Waals surface area contributed by atoms with Gasteiger partial charge in [0, 0.05) is 0 Å². The molecule has 0 unspecified atom stereocenters. The van der Waals surface area contributed by atoms with Crippen LogP contribution < -0.4 is 0 Å². The largest absolute Gasteiger partial charge is 0.481 e. The van der Waals surface area contributed by atoms with Gasteiger partial charge in [0.15, 0.2) is 0 Å². The summed E-state index contributed by atoms with van der Waals surface area (Å²) in [7, 11) is 0. The lowest BCUT2D eigenvalue weighted by Crippen LogP contribution is -2.39. The van der Waals surface area contributed by atoms with Crippen LogP contribution in [0.15, 0.2) is 12.7 Å². The molecule has 0 aliphatic heterocycles. The average molecular weight is 170 g/mol. The van der Waals surface area contributed by atoms with Crippen molar-refractivity contribution in [3.8, 4) is 0 Å². The van der Waals surface area contributed by atoms with Gasteiger partial charge in [-0.05, 0) is 25.7 Å². The van der Waals surface area contributed by atoms with Crippen LogP contribution in [0.4, 0.5) is 0 Å². The molecule has 0 aromatic heterocycles.